The van der Waals surface area contributed by atoms with E-state index in [4.69, 9.17) is 4.74 Å². The van der Waals surface area contributed by atoms with Gasteiger partial charge in [0.1, 0.15) is 5.75 Å². The predicted octanol–water partition coefficient (Wildman–Crippen LogP) is 3.63. The average Bonchev–Trinajstić information content (AvgIpc) is 2.60. The van der Waals surface area contributed by atoms with Crippen LogP contribution in [-0.4, -0.2) is 29.4 Å². The number of pyridine rings is 1. The number of hydrogen-bond donors (Lipinski definition) is 0. The lowest BCUT2D eigenvalue weighted by atomic mass is 9.98. The zero-order valence-corrected chi connectivity index (χ0v) is 14.0. The van der Waals surface area contributed by atoms with Crippen LogP contribution in [0, 0.1) is 0 Å². The van der Waals surface area contributed by atoms with Gasteiger partial charge in [0.2, 0.25) is 0 Å². The molecule has 1 heterocycles. The van der Waals surface area contributed by atoms with Gasteiger partial charge in [-0.05, 0) is 35.6 Å². The minimum absolute atomic E-state index is 0.0458. The van der Waals surface area contributed by atoms with Crippen molar-refractivity contribution in [2.45, 2.75) is 32.7 Å². The molecular weight excluding hydrogens is 288 g/mol. The number of ether oxygens (including phenoxy) is 1. The molecule has 0 N–H and O–H groups in total. The van der Waals surface area contributed by atoms with Crippen molar-refractivity contribution in [1.82, 2.24) is 9.88 Å². The van der Waals surface area contributed by atoms with Crippen LogP contribution < -0.4 is 4.74 Å². The van der Waals surface area contributed by atoms with Crippen molar-refractivity contribution in [3.05, 3.63) is 59.9 Å². The number of benzene rings is 1. The van der Waals surface area contributed by atoms with Crippen LogP contribution in [0.1, 0.15) is 37.3 Å². The van der Waals surface area contributed by atoms with Gasteiger partial charge in [-0.3, -0.25) is 9.78 Å². The Kier molecular flexibility index (Phi) is 6.15. The standard InChI is InChI=1S/C19H24N2O2/c1-4-15(2)17-9-5-6-10-18(17)23-14-19(22)21(3)13-16-8-7-11-20-12-16/h5-12,15H,4,13-14H2,1-3H3. The van der Waals surface area contributed by atoms with Crippen LogP contribution in [0.15, 0.2) is 48.8 Å². The van der Waals surface area contributed by atoms with Crippen molar-refractivity contribution in [3.8, 4) is 5.75 Å². The molecule has 1 atom stereocenters. The van der Waals surface area contributed by atoms with Gasteiger partial charge in [0.15, 0.2) is 6.61 Å². The summed E-state index contributed by atoms with van der Waals surface area (Å²) < 4.78 is 5.77. The van der Waals surface area contributed by atoms with E-state index in [1.54, 1.807) is 24.3 Å². The first-order chi connectivity index (χ1) is 11.1. The second kappa shape index (κ2) is 8.32. The van der Waals surface area contributed by atoms with E-state index in [0.29, 0.717) is 12.5 Å². The molecule has 0 aliphatic heterocycles. The van der Waals surface area contributed by atoms with Crippen LogP contribution in [0.25, 0.3) is 0 Å². The van der Waals surface area contributed by atoms with Gasteiger partial charge in [0.05, 0.1) is 0 Å². The molecule has 1 aromatic carbocycles. The molecule has 0 radical (unpaired) electrons. The highest BCUT2D eigenvalue weighted by Gasteiger charge is 2.13. The van der Waals surface area contributed by atoms with Crippen LogP contribution in [-0.2, 0) is 11.3 Å². The average molecular weight is 312 g/mol. The Balaban J connectivity index is 1.94. The van der Waals surface area contributed by atoms with E-state index in [9.17, 15) is 4.79 Å². The number of hydrogen-bond acceptors (Lipinski definition) is 3. The minimum Gasteiger partial charge on any atom is -0.483 e. The van der Waals surface area contributed by atoms with E-state index >= 15 is 0 Å². The lowest BCUT2D eigenvalue weighted by molar-refractivity contribution is -0.132. The number of carbonyl (C=O) groups is 1. The van der Waals surface area contributed by atoms with Crippen molar-refractivity contribution < 1.29 is 9.53 Å². The Morgan fingerprint density at radius 2 is 2.04 bits per heavy atom. The minimum atomic E-state index is -0.0483. The molecule has 0 bridgehead atoms. The zero-order chi connectivity index (χ0) is 16.7. The summed E-state index contributed by atoms with van der Waals surface area (Å²) in [5.41, 5.74) is 2.15. The van der Waals surface area contributed by atoms with Gasteiger partial charge in [0, 0.05) is 26.0 Å². The topological polar surface area (TPSA) is 42.4 Å². The third-order valence-electron chi connectivity index (χ3n) is 3.98. The van der Waals surface area contributed by atoms with Crippen LogP contribution in [0.5, 0.6) is 5.75 Å². The molecule has 0 aliphatic carbocycles. The second-order valence-electron chi connectivity index (χ2n) is 5.75. The SMILES string of the molecule is CCC(C)c1ccccc1OCC(=O)N(C)Cc1cccnc1. The molecule has 0 fully saturated rings. The van der Waals surface area contributed by atoms with Crippen molar-refractivity contribution in [1.29, 1.82) is 0 Å². The van der Waals surface area contributed by atoms with E-state index in [-0.39, 0.29) is 12.5 Å². The normalized spacial score (nSPS) is 11.8. The molecule has 0 saturated carbocycles. The first kappa shape index (κ1) is 17.0. The molecule has 1 aromatic heterocycles. The zero-order valence-electron chi connectivity index (χ0n) is 14.0. The maximum atomic E-state index is 12.3. The molecule has 0 saturated heterocycles. The molecule has 4 nitrogen and oxygen atoms in total. The smallest absolute Gasteiger partial charge is 0.260 e. The summed E-state index contributed by atoms with van der Waals surface area (Å²) in [4.78, 5) is 18.0. The summed E-state index contributed by atoms with van der Waals surface area (Å²) in [6.45, 7) is 4.89. The molecule has 1 amide bonds. The van der Waals surface area contributed by atoms with Gasteiger partial charge < -0.3 is 9.64 Å². The molecule has 2 aromatic rings. The Labute approximate surface area is 138 Å². The van der Waals surface area contributed by atoms with E-state index in [1.165, 1.54) is 0 Å². The molecule has 0 aliphatic rings. The van der Waals surface area contributed by atoms with Gasteiger partial charge >= 0.3 is 0 Å². The number of likely N-dealkylation sites (N-methyl/N-ethyl adjacent to an activating group) is 1. The van der Waals surface area contributed by atoms with E-state index in [0.717, 1.165) is 23.3 Å². The van der Waals surface area contributed by atoms with Crippen LogP contribution in [0.3, 0.4) is 0 Å². The Bertz CT molecular complexity index is 628. The molecule has 122 valence electrons. The first-order valence-electron chi connectivity index (χ1n) is 7.96. The van der Waals surface area contributed by atoms with Gasteiger partial charge in [-0.1, -0.05) is 38.1 Å². The van der Waals surface area contributed by atoms with Crippen molar-refractivity contribution in [3.63, 3.8) is 0 Å². The monoisotopic (exact) mass is 312 g/mol. The number of para-hydroxylation sites is 1. The van der Waals surface area contributed by atoms with Gasteiger partial charge in [0.25, 0.3) is 5.91 Å². The van der Waals surface area contributed by atoms with Gasteiger partial charge in [-0.2, -0.15) is 0 Å². The lowest BCUT2D eigenvalue weighted by Crippen LogP contribution is -2.31. The maximum absolute atomic E-state index is 12.3. The van der Waals surface area contributed by atoms with Gasteiger partial charge in [-0.25, -0.2) is 0 Å². The summed E-state index contributed by atoms with van der Waals surface area (Å²) in [6.07, 6.45) is 4.53. The molecule has 1 unspecified atom stereocenters. The number of rotatable bonds is 7. The molecule has 23 heavy (non-hydrogen) atoms. The summed E-state index contributed by atoms with van der Waals surface area (Å²) in [5, 5.41) is 0. The molecule has 2 rings (SSSR count). The number of amides is 1. The number of carbonyl (C=O) groups excluding carboxylic acids is 1. The van der Waals surface area contributed by atoms with E-state index in [2.05, 4.69) is 24.9 Å². The first-order valence-corrected chi connectivity index (χ1v) is 7.96. The largest absolute Gasteiger partial charge is 0.483 e. The van der Waals surface area contributed by atoms with Crippen LogP contribution in [0.2, 0.25) is 0 Å². The quantitative estimate of drug-likeness (QED) is 0.784. The fraction of sp³-hybridized carbons (Fsp3) is 0.368. The molecule has 0 spiro atoms. The fourth-order valence-corrected chi connectivity index (χ4v) is 2.34. The third-order valence-corrected chi connectivity index (χ3v) is 3.98. The Hall–Kier alpha value is -2.36. The van der Waals surface area contributed by atoms with Gasteiger partial charge in [-0.15, -0.1) is 0 Å². The maximum Gasteiger partial charge on any atom is 0.260 e. The van der Waals surface area contributed by atoms with E-state index in [1.807, 2.05) is 30.3 Å². The van der Waals surface area contributed by atoms with Crippen molar-refractivity contribution in [2.24, 2.45) is 0 Å². The Morgan fingerprint density at radius 3 is 2.74 bits per heavy atom. The summed E-state index contributed by atoms with van der Waals surface area (Å²) in [7, 11) is 1.78. The number of nitrogens with zero attached hydrogens (tertiary/aromatic N) is 2. The highest BCUT2D eigenvalue weighted by molar-refractivity contribution is 5.77. The number of aromatic nitrogens is 1. The van der Waals surface area contributed by atoms with Crippen molar-refractivity contribution in [2.75, 3.05) is 13.7 Å². The molecular formula is C19H24N2O2. The fourth-order valence-electron chi connectivity index (χ4n) is 2.34. The summed E-state index contributed by atoms with van der Waals surface area (Å²) in [6, 6.07) is 11.8. The predicted molar refractivity (Wildman–Crippen MR) is 91.4 cm³/mol. The van der Waals surface area contributed by atoms with E-state index < -0.39 is 0 Å². The molecule has 4 heteroatoms. The van der Waals surface area contributed by atoms with Crippen molar-refractivity contribution >= 4 is 5.91 Å². The summed E-state index contributed by atoms with van der Waals surface area (Å²) >= 11 is 0. The second-order valence-corrected chi connectivity index (χ2v) is 5.75. The highest BCUT2D eigenvalue weighted by Crippen LogP contribution is 2.28. The van der Waals surface area contributed by atoms with Crippen LogP contribution in [0.4, 0.5) is 0 Å². The third kappa shape index (κ3) is 4.81. The van der Waals surface area contributed by atoms with Crippen LogP contribution >= 0.6 is 0 Å². The summed E-state index contributed by atoms with van der Waals surface area (Å²) in [5.74, 6) is 1.16. The Morgan fingerprint density at radius 1 is 1.26 bits per heavy atom. The lowest BCUT2D eigenvalue weighted by Gasteiger charge is -2.19. The highest BCUT2D eigenvalue weighted by atomic mass is 16.5.